The Hall–Kier alpha value is -0.370. The molecule has 0 aromatic carbocycles. The lowest BCUT2D eigenvalue weighted by Gasteiger charge is -2.16. The molecule has 1 fully saturated rings. The molecule has 0 N–H and O–H groups in total. The predicted molar refractivity (Wildman–Crippen MR) is 63.0 cm³/mol. The van der Waals surface area contributed by atoms with Crippen molar-refractivity contribution in [1.82, 2.24) is 9.36 Å². The largest absolute Gasteiger partial charge is 0.466 e. The summed E-state index contributed by atoms with van der Waals surface area (Å²) in [5, 5.41) is 0.553. The molecule has 1 atom stereocenters. The highest BCUT2D eigenvalue weighted by Crippen LogP contribution is 2.23. The third kappa shape index (κ3) is 3.07. The van der Waals surface area contributed by atoms with E-state index in [9.17, 15) is 0 Å². The summed E-state index contributed by atoms with van der Waals surface area (Å²) in [6.45, 7) is 4.75. The molecule has 0 bridgehead atoms. The first-order valence-electron chi connectivity index (χ1n) is 4.97. The molecule has 0 spiro atoms. The molecule has 2 heterocycles. The average molecular weight is 262 g/mol. The van der Waals surface area contributed by atoms with Gasteiger partial charge in [0.15, 0.2) is 11.6 Å². The molecule has 0 amide bonds. The fourth-order valence-corrected chi connectivity index (χ4v) is 2.16. The van der Waals surface area contributed by atoms with Gasteiger partial charge in [0.25, 0.3) is 5.19 Å². The third-order valence-corrected chi connectivity index (χ3v) is 3.00. The van der Waals surface area contributed by atoms with Crippen LogP contribution >= 0.6 is 24.2 Å². The standard InChI is InChI=1S/C9H14N2O3S2/c1-9(2)13-4-6(14-9)3-12-8-10-7(5-15)11-16-8/h6,15H,3-5H2,1-2H3. The van der Waals surface area contributed by atoms with Crippen molar-refractivity contribution in [3.63, 3.8) is 0 Å². The maximum Gasteiger partial charge on any atom is 0.293 e. The Morgan fingerprint density at radius 1 is 1.62 bits per heavy atom. The Morgan fingerprint density at radius 2 is 2.44 bits per heavy atom. The topological polar surface area (TPSA) is 53.5 Å². The van der Waals surface area contributed by atoms with Crippen molar-refractivity contribution in [3.8, 4) is 5.19 Å². The van der Waals surface area contributed by atoms with Crippen LogP contribution in [0.15, 0.2) is 0 Å². The highest BCUT2D eigenvalue weighted by Gasteiger charge is 2.33. The van der Waals surface area contributed by atoms with Crippen LogP contribution in [0.3, 0.4) is 0 Å². The summed E-state index contributed by atoms with van der Waals surface area (Å²) in [5.74, 6) is 0.702. The Kier molecular flexibility index (Phi) is 3.68. The molecule has 1 aromatic heterocycles. The number of nitrogens with zero attached hydrogens (tertiary/aromatic N) is 2. The van der Waals surface area contributed by atoms with Gasteiger partial charge in [0.2, 0.25) is 0 Å². The lowest BCUT2D eigenvalue weighted by atomic mass is 10.4. The maximum atomic E-state index is 5.60. The van der Waals surface area contributed by atoms with Gasteiger partial charge in [-0.2, -0.15) is 22.0 Å². The van der Waals surface area contributed by atoms with Crippen molar-refractivity contribution < 1.29 is 14.2 Å². The van der Waals surface area contributed by atoms with E-state index in [1.165, 1.54) is 11.5 Å². The van der Waals surface area contributed by atoms with Crippen LogP contribution in [-0.2, 0) is 15.2 Å². The van der Waals surface area contributed by atoms with Crippen LogP contribution in [0.1, 0.15) is 19.7 Å². The summed E-state index contributed by atoms with van der Waals surface area (Å²) >= 11 is 5.31. The molecule has 1 saturated heterocycles. The van der Waals surface area contributed by atoms with Crippen molar-refractivity contribution >= 4 is 24.2 Å². The first-order chi connectivity index (χ1) is 7.59. The second kappa shape index (κ2) is 4.87. The van der Waals surface area contributed by atoms with Gasteiger partial charge in [0, 0.05) is 11.5 Å². The Labute approximate surface area is 104 Å². The van der Waals surface area contributed by atoms with Crippen LogP contribution in [0.2, 0.25) is 0 Å². The number of hydrogen-bond acceptors (Lipinski definition) is 7. The lowest BCUT2D eigenvalue weighted by molar-refractivity contribution is -0.141. The number of thiol groups is 1. The molecule has 1 aliphatic rings. The fourth-order valence-electron chi connectivity index (χ4n) is 1.37. The summed E-state index contributed by atoms with van der Waals surface area (Å²) in [7, 11) is 0. The predicted octanol–water partition coefficient (Wildman–Crippen LogP) is 1.50. The number of ether oxygens (including phenoxy) is 3. The first kappa shape index (κ1) is 12.1. The van der Waals surface area contributed by atoms with Crippen LogP contribution in [0, 0.1) is 0 Å². The highest BCUT2D eigenvalue weighted by molar-refractivity contribution is 7.79. The quantitative estimate of drug-likeness (QED) is 0.833. The molecule has 5 nitrogen and oxygen atoms in total. The Bertz CT molecular complexity index is 356. The zero-order chi connectivity index (χ0) is 11.6. The van der Waals surface area contributed by atoms with Crippen molar-refractivity contribution in [2.45, 2.75) is 31.5 Å². The SMILES string of the molecule is CC1(C)OCC(COc2nc(CS)ns2)O1. The van der Waals surface area contributed by atoms with E-state index < -0.39 is 5.79 Å². The number of hydrogen-bond donors (Lipinski definition) is 1. The zero-order valence-electron chi connectivity index (χ0n) is 9.17. The van der Waals surface area contributed by atoms with Gasteiger partial charge in [-0.1, -0.05) is 0 Å². The second-order valence-electron chi connectivity index (χ2n) is 3.90. The molecule has 16 heavy (non-hydrogen) atoms. The summed E-state index contributed by atoms with van der Waals surface area (Å²) in [4.78, 5) is 4.14. The molecule has 1 aromatic rings. The molecular formula is C9H14N2O3S2. The molecule has 7 heteroatoms. The van der Waals surface area contributed by atoms with Crippen LogP contribution < -0.4 is 4.74 Å². The first-order valence-corrected chi connectivity index (χ1v) is 6.38. The minimum Gasteiger partial charge on any atom is -0.466 e. The van der Waals surface area contributed by atoms with E-state index in [1.54, 1.807) is 0 Å². The van der Waals surface area contributed by atoms with Gasteiger partial charge in [-0.15, -0.1) is 0 Å². The van der Waals surface area contributed by atoms with Gasteiger partial charge in [-0.25, -0.2) is 0 Å². The average Bonchev–Trinajstić information content (AvgIpc) is 2.81. The minimum absolute atomic E-state index is 0.0432. The Morgan fingerprint density at radius 3 is 3.00 bits per heavy atom. The van der Waals surface area contributed by atoms with Crippen LogP contribution in [-0.4, -0.2) is 34.5 Å². The zero-order valence-corrected chi connectivity index (χ0v) is 10.9. The van der Waals surface area contributed by atoms with E-state index in [0.717, 1.165) is 0 Å². The monoisotopic (exact) mass is 262 g/mol. The van der Waals surface area contributed by atoms with E-state index in [-0.39, 0.29) is 6.10 Å². The molecular weight excluding hydrogens is 248 g/mol. The van der Waals surface area contributed by atoms with E-state index in [4.69, 9.17) is 14.2 Å². The molecule has 0 radical (unpaired) electrons. The van der Waals surface area contributed by atoms with Gasteiger partial charge < -0.3 is 14.2 Å². The molecule has 90 valence electrons. The highest BCUT2D eigenvalue weighted by atomic mass is 32.1. The van der Waals surface area contributed by atoms with Gasteiger partial charge in [-0.05, 0) is 13.8 Å². The van der Waals surface area contributed by atoms with Crippen LogP contribution in [0.25, 0.3) is 0 Å². The van der Waals surface area contributed by atoms with Gasteiger partial charge in [0.1, 0.15) is 12.7 Å². The Balaban J connectivity index is 1.80. The minimum atomic E-state index is -0.509. The lowest BCUT2D eigenvalue weighted by Crippen LogP contribution is -2.25. The van der Waals surface area contributed by atoms with Crippen LogP contribution in [0.5, 0.6) is 5.19 Å². The normalized spacial score (nSPS) is 23.6. The molecule has 1 aliphatic heterocycles. The second-order valence-corrected chi connectivity index (χ2v) is 4.93. The van der Waals surface area contributed by atoms with E-state index >= 15 is 0 Å². The van der Waals surface area contributed by atoms with Crippen molar-refractivity contribution in [3.05, 3.63) is 5.82 Å². The third-order valence-electron chi connectivity index (χ3n) is 2.05. The fraction of sp³-hybridized carbons (Fsp3) is 0.778. The van der Waals surface area contributed by atoms with Gasteiger partial charge in [0.05, 0.1) is 12.4 Å². The van der Waals surface area contributed by atoms with E-state index in [2.05, 4.69) is 22.0 Å². The summed E-state index contributed by atoms with van der Waals surface area (Å²) < 4.78 is 20.6. The number of rotatable bonds is 4. The molecule has 1 unspecified atom stereocenters. The molecule has 2 rings (SSSR count). The number of aromatic nitrogens is 2. The van der Waals surface area contributed by atoms with Crippen molar-refractivity contribution in [2.75, 3.05) is 13.2 Å². The van der Waals surface area contributed by atoms with Gasteiger partial charge in [-0.3, -0.25) is 0 Å². The summed E-state index contributed by atoms with van der Waals surface area (Å²) in [6.07, 6.45) is -0.0432. The van der Waals surface area contributed by atoms with Gasteiger partial charge >= 0.3 is 0 Å². The van der Waals surface area contributed by atoms with Crippen LogP contribution in [0.4, 0.5) is 0 Å². The van der Waals surface area contributed by atoms with Crippen molar-refractivity contribution in [1.29, 1.82) is 0 Å². The summed E-state index contributed by atoms with van der Waals surface area (Å²) in [5.41, 5.74) is 0. The summed E-state index contributed by atoms with van der Waals surface area (Å²) in [6, 6.07) is 0. The maximum absolute atomic E-state index is 5.60. The molecule has 0 saturated carbocycles. The van der Waals surface area contributed by atoms with E-state index in [1.807, 2.05) is 13.8 Å². The smallest absolute Gasteiger partial charge is 0.293 e. The van der Waals surface area contributed by atoms with E-state index in [0.29, 0.717) is 30.0 Å². The van der Waals surface area contributed by atoms with Crippen molar-refractivity contribution in [2.24, 2.45) is 0 Å². The molecule has 0 aliphatic carbocycles.